The van der Waals surface area contributed by atoms with E-state index in [-0.39, 0.29) is 11.0 Å². The molecule has 0 aromatic carbocycles. The molecule has 0 aromatic heterocycles. The third-order valence-electron chi connectivity index (χ3n) is 8.07. The van der Waals surface area contributed by atoms with Gasteiger partial charge in [0.1, 0.15) is 6.29 Å². The Morgan fingerprint density at radius 2 is 1.68 bits per heavy atom. The summed E-state index contributed by atoms with van der Waals surface area (Å²) in [5.41, 5.74) is 0.984. The van der Waals surface area contributed by atoms with Crippen molar-refractivity contribution in [2.75, 3.05) is 6.61 Å². The van der Waals surface area contributed by atoms with Gasteiger partial charge in [0.2, 0.25) is 0 Å². The third kappa shape index (κ3) is 5.95. The number of terminal acetylenes is 1. The second-order valence-corrected chi connectivity index (χ2v) is 22.1. The molecule has 2 atom stereocenters. The second kappa shape index (κ2) is 10.4. The molecule has 0 spiro atoms. The predicted molar refractivity (Wildman–Crippen MR) is 138 cm³/mol. The Bertz CT molecular complexity index is 658. The Morgan fingerprint density at radius 3 is 2.06 bits per heavy atom. The molecule has 0 aromatic rings. The quantitative estimate of drug-likeness (QED) is 0.189. The van der Waals surface area contributed by atoms with Crippen molar-refractivity contribution in [1.29, 1.82) is 0 Å². The lowest BCUT2D eigenvalue weighted by Crippen LogP contribution is -2.49. The Hall–Kier alpha value is -0.836. The fourth-order valence-corrected chi connectivity index (χ4v) is 11.4. The SMILES string of the molecule is C#CC[C@@]1(C=O)CCC(O[Si](C(C)C)(C(C)C)C(C)C)=C[C@@H]1CO[Si](C)(C)C(C)(C)C. The van der Waals surface area contributed by atoms with Gasteiger partial charge in [0, 0.05) is 30.8 Å². The molecular weight excluding hydrogens is 416 g/mol. The number of rotatable bonds is 10. The highest BCUT2D eigenvalue weighted by Gasteiger charge is 2.49. The van der Waals surface area contributed by atoms with Gasteiger partial charge in [-0.25, -0.2) is 0 Å². The van der Waals surface area contributed by atoms with E-state index in [1.807, 2.05) is 0 Å². The van der Waals surface area contributed by atoms with Gasteiger partial charge in [0.25, 0.3) is 8.32 Å². The van der Waals surface area contributed by atoms with Crippen molar-refractivity contribution in [2.24, 2.45) is 11.3 Å². The van der Waals surface area contributed by atoms with Gasteiger partial charge in [-0.15, -0.1) is 12.3 Å². The molecule has 1 rings (SSSR count). The minimum absolute atomic E-state index is 0.0443. The molecule has 31 heavy (non-hydrogen) atoms. The molecule has 1 aliphatic rings. The van der Waals surface area contributed by atoms with Crippen molar-refractivity contribution < 1.29 is 13.6 Å². The zero-order chi connectivity index (χ0) is 24.3. The topological polar surface area (TPSA) is 35.5 Å². The number of aldehydes is 1. The van der Waals surface area contributed by atoms with Crippen LogP contribution in [0.25, 0.3) is 0 Å². The Kier molecular flexibility index (Phi) is 9.46. The maximum Gasteiger partial charge on any atom is 0.258 e. The molecular formula is C26H48O3Si2. The molecule has 0 N–H and O–H groups in total. The first-order valence-corrected chi connectivity index (χ1v) is 17.1. The lowest BCUT2D eigenvalue weighted by Gasteiger charge is -2.46. The zero-order valence-electron chi connectivity index (χ0n) is 22.1. The lowest BCUT2D eigenvalue weighted by molar-refractivity contribution is -0.119. The third-order valence-corrected chi connectivity index (χ3v) is 18.6. The van der Waals surface area contributed by atoms with E-state index in [1.54, 1.807) is 0 Å². The first-order chi connectivity index (χ1) is 14.1. The van der Waals surface area contributed by atoms with Gasteiger partial charge in [-0.3, -0.25) is 0 Å². The van der Waals surface area contributed by atoms with E-state index >= 15 is 0 Å². The lowest BCUT2D eigenvalue weighted by atomic mass is 9.68. The Morgan fingerprint density at radius 1 is 1.16 bits per heavy atom. The van der Waals surface area contributed by atoms with E-state index in [9.17, 15) is 4.79 Å². The molecule has 3 nitrogen and oxygen atoms in total. The smallest absolute Gasteiger partial charge is 0.258 e. The minimum Gasteiger partial charge on any atom is -0.546 e. The van der Waals surface area contributed by atoms with Crippen LogP contribution in [0.5, 0.6) is 0 Å². The monoisotopic (exact) mass is 464 g/mol. The van der Waals surface area contributed by atoms with E-state index in [4.69, 9.17) is 15.3 Å². The standard InChI is InChI=1S/C26H48O3Si2/c1-13-15-26(19-27)16-14-24(29-31(20(2)3,21(4)5)22(6)7)17-23(26)18-28-30(11,12)25(8,9)10/h1,17,19-23H,14-16,18H2,2-12H3/t23-,26+/m1/s1. The van der Waals surface area contributed by atoms with Gasteiger partial charge in [-0.05, 0) is 47.3 Å². The number of hydrogen-bond donors (Lipinski definition) is 0. The molecule has 0 aliphatic heterocycles. The summed E-state index contributed by atoms with van der Waals surface area (Å²) in [7, 11) is -3.98. The number of carbonyl (C=O) groups excluding carboxylic acids is 1. The summed E-state index contributed by atoms with van der Waals surface area (Å²) in [4.78, 5) is 12.3. The van der Waals surface area contributed by atoms with Gasteiger partial charge in [-0.1, -0.05) is 62.3 Å². The van der Waals surface area contributed by atoms with Crippen molar-refractivity contribution in [3.8, 4) is 12.3 Å². The van der Waals surface area contributed by atoms with Crippen LogP contribution in [0.2, 0.25) is 34.8 Å². The molecule has 0 bridgehead atoms. The molecule has 1 aliphatic carbocycles. The van der Waals surface area contributed by atoms with Crippen LogP contribution < -0.4 is 0 Å². The van der Waals surface area contributed by atoms with Crippen molar-refractivity contribution in [3.05, 3.63) is 11.8 Å². The first-order valence-electron chi connectivity index (χ1n) is 12.0. The van der Waals surface area contributed by atoms with Crippen LogP contribution in [0.3, 0.4) is 0 Å². The summed E-state index contributed by atoms with van der Waals surface area (Å²) in [6.45, 7) is 25.6. The maximum atomic E-state index is 12.3. The van der Waals surface area contributed by atoms with Crippen LogP contribution >= 0.6 is 0 Å². The predicted octanol–water partition coefficient (Wildman–Crippen LogP) is 7.70. The van der Waals surface area contributed by atoms with Crippen molar-refractivity contribution in [2.45, 2.75) is 116 Å². The van der Waals surface area contributed by atoms with Crippen LogP contribution in [0.1, 0.15) is 81.6 Å². The number of carbonyl (C=O) groups is 1. The maximum absolute atomic E-state index is 12.3. The molecule has 0 heterocycles. The van der Waals surface area contributed by atoms with Crippen LogP contribution in [-0.4, -0.2) is 29.5 Å². The molecule has 0 saturated heterocycles. The summed E-state index contributed by atoms with van der Waals surface area (Å²) in [6.07, 6.45) is 11.0. The molecule has 0 amide bonds. The van der Waals surface area contributed by atoms with Crippen LogP contribution in [-0.2, 0) is 13.6 Å². The summed E-state index contributed by atoms with van der Waals surface area (Å²) in [5.74, 6) is 3.78. The largest absolute Gasteiger partial charge is 0.546 e. The minimum atomic E-state index is -2.04. The van der Waals surface area contributed by atoms with Gasteiger partial charge in [0.05, 0.1) is 5.76 Å². The molecule has 0 fully saturated rings. The zero-order valence-corrected chi connectivity index (χ0v) is 24.1. The fraction of sp³-hybridized carbons (Fsp3) is 0.808. The van der Waals surface area contributed by atoms with Crippen molar-refractivity contribution >= 4 is 22.9 Å². The van der Waals surface area contributed by atoms with Crippen LogP contribution in [0.4, 0.5) is 0 Å². The second-order valence-electron chi connectivity index (χ2n) is 12.0. The average molecular weight is 465 g/mol. The fourth-order valence-electron chi connectivity index (χ4n) is 5.01. The highest BCUT2D eigenvalue weighted by molar-refractivity contribution is 6.78. The van der Waals surface area contributed by atoms with E-state index < -0.39 is 22.0 Å². The molecule has 0 saturated carbocycles. The summed E-state index contributed by atoms with van der Waals surface area (Å²) in [5, 5.41) is 0.121. The van der Waals surface area contributed by atoms with Gasteiger partial charge < -0.3 is 13.6 Å². The van der Waals surface area contributed by atoms with Crippen molar-refractivity contribution in [1.82, 2.24) is 0 Å². The van der Waals surface area contributed by atoms with Gasteiger partial charge in [0.15, 0.2) is 8.32 Å². The van der Waals surface area contributed by atoms with Gasteiger partial charge >= 0.3 is 0 Å². The molecule has 0 radical (unpaired) electrons. The number of hydrogen-bond acceptors (Lipinski definition) is 3. The average Bonchev–Trinajstić information content (AvgIpc) is 2.64. The van der Waals surface area contributed by atoms with Gasteiger partial charge in [-0.2, -0.15) is 0 Å². The van der Waals surface area contributed by atoms with Crippen molar-refractivity contribution in [3.63, 3.8) is 0 Å². The van der Waals surface area contributed by atoms with E-state index in [0.29, 0.717) is 29.7 Å². The summed E-state index contributed by atoms with van der Waals surface area (Å²) in [6, 6.07) is 0. The van der Waals surface area contributed by atoms with E-state index in [2.05, 4.69) is 87.4 Å². The number of allylic oxidation sites excluding steroid dienone is 1. The molecule has 178 valence electrons. The highest BCUT2D eigenvalue weighted by atomic mass is 28.4. The molecule has 5 heteroatoms. The van der Waals surface area contributed by atoms with E-state index in [0.717, 1.165) is 24.9 Å². The van der Waals surface area contributed by atoms with Crippen LogP contribution in [0.15, 0.2) is 11.8 Å². The Balaban J connectivity index is 3.34. The molecule has 0 unspecified atom stereocenters. The van der Waals surface area contributed by atoms with E-state index in [1.165, 1.54) is 0 Å². The first kappa shape index (κ1) is 28.2. The van der Waals surface area contributed by atoms with Crippen LogP contribution in [0, 0.1) is 23.7 Å². The highest BCUT2D eigenvalue weighted by Crippen LogP contribution is 2.48. The summed E-state index contributed by atoms with van der Waals surface area (Å²) < 4.78 is 13.6. The normalized spacial score (nSPS) is 23.1. The summed E-state index contributed by atoms with van der Waals surface area (Å²) >= 11 is 0. The Labute approximate surface area is 195 Å².